The maximum Gasteiger partial charge on any atom is 0.407 e. The Morgan fingerprint density at radius 2 is 1.74 bits per heavy atom. The highest BCUT2D eigenvalue weighted by Gasteiger charge is 2.34. The van der Waals surface area contributed by atoms with Crippen LogP contribution in [0.5, 0.6) is 0 Å². The lowest BCUT2D eigenvalue weighted by molar-refractivity contribution is -0.133. The third-order valence-electron chi connectivity index (χ3n) is 5.03. The van der Waals surface area contributed by atoms with Gasteiger partial charge >= 0.3 is 6.09 Å². The van der Waals surface area contributed by atoms with E-state index in [9.17, 15) is 9.59 Å². The molecule has 1 aromatic rings. The first kappa shape index (κ1) is 34.9. The third kappa shape index (κ3) is 14.0. The fourth-order valence-electron chi connectivity index (χ4n) is 3.65. The molecule has 200 valence electrons. The van der Waals surface area contributed by atoms with Gasteiger partial charge in [0, 0.05) is 23.9 Å². The predicted molar refractivity (Wildman–Crippen MR) is 153 cm³/mol. The molecule has 1 heterocycles. The van der Waals surface area contributed by atoms with E-state index in [4.69, 9.17) is 17.0 Å². The van der Waals surface area contributed by atoms with Gasteiger partial charge in [0.25, 0.3) is 0 Å². The fourth-order valence-corrected chi connectivity index (χ4v) is 3.92. The van der Waals surface area contributed by atoms with E-state index in [0.717, 1.165) is 24.0 Å². The number of nitrogens with one attached hydrogen (secondary N) is 2. The quantitative estimate of drug-likeness (QED) is 0.373. The molecule has 35 heavy (non-hydrogen) atoms. The summed E-state index contributed by atoms with van der Waals surface area (Å²) in [5.41, 5.74) is 1.65. The van der Waals surface area contributed by atoms with Crippen molar-refractivity contribution in [2.75, 3.05) is 14.1 Å². The molecule has 1 aliphatic heterocycles. The lowest BCUT2D eigenvalue weighted by Crippen LogP contribution is -2.46. The van der Waals surface area contributed by atoms with E-state index >= 15 is 0 Å². The lowest BCUT2D eigenvalue weighted by atomic mass is 9.98. The average molecular weight is 508 g/mol. The van der Waals surface area contributed by atoms with Gasteiger partial charge in [-0.3, -0.25) is 4.79 Å². The summed E-state index contributed by atoms with van der Waals surface area (Å²) in [5.74, 6) is 0.0192. The summed E-state index contributed by atoms with van der Waals surface area (Å²) in [6, 6.07) is 7.83. The number of amides is 2. The number of likely N-dealkylation sites (tertiary alicyclic amines) is 1. The van der Waals surface area contributed by atoms with Crippen molar-refractivity contribution in [1.29, 1.82) is 0 Å². The van der Waals surface area contributed by atoms with Crippen LogP contribution < -0.4 is 10.6 Å². The first-order chi connectivity index (χ1) is 16.5. The molecule has 7 heteroatoms. The molecule has 0 spiro atoms. The van der Waals surface area contributed by atoms with Gasteiger partial charge in [0.15, 0.2) is 0 Å². The van der Waals surface area contributed by atoms with Gasteiger partial charge in [-0.1, -0.05) is 50.3 Å². The van der Waals surface area contributed by atoms with E-state index < -0.39 is 11.7 Å². The number of nitrogens with zero attached hydrogens (tertiary/aromatic N) is 1. The highest BCUT2D eigenvalue weighted by molar-refractivity contribution is 7.79. The van der Waals surface area contributed by atoms with Crippen LogP contribution in [0.2, 0.25) is 0 Å². The maximum absolute atomic E-state index is 13.0. The van der Waals surface area contributed by atoms with Crippen LogP contribution >= 0.6 is 12.2 Å². The first-order valence-electron chi connectivity index (χ1n) is 12.4. The zero-order valence-electron chi connectivity index (χ0n) is 23.4. The van der Waals surface area contributed by atoms with Gasteiger partial charge in [-0.25, -0.2) is 4.79 Å². The topological polar surface area (TPSA) is 70.7 Å². The number of benzene rings is 1. The Morgan fingerprint density at radius 3 is 2.23 bits per heavy atom. The van der Waals surface area contributed by atoms with Crippen molar-refractivity contribution in [2.45, 2.75) is 97.9 Å². The van der Waals surface area contributed by atoms with Gasteiger partial charge in [-0.2, -0.15) is 0 Å². The minimum atomic E-state index is -0.590. The fraction of sp³-hybridized carbons (Fsp3) is 0.607. The van der Waals surface area contributed by atoms with Crippen molar-refractivity contribution < 1.29 is 14.3 Å². The normalized spacial score (nSPS) is 17.2. The van der Waals surface area contributed by atoms with Gasteiger partial charge in [0.05, 0.1) is 6.04 Å². The van der Waals surface area contributed by atoms with E-state index in [1.165, 1.54) is 0 Å². The van der Waals surface area contributed by atoms with Crippen molar-refractivity contribution in [1.82, 2.24) is 15.5 Å². The van der Waals surface area contributed by atoms with Gasteiger partial charge in [0.2, 0.25) is 5.91 Å². The molecule has 0 aliphatic carbocycles. The molecular formula is C28H49N3O3S. The molecule has 0 bridgehead atoms. The summed E-state index contributed by atoms with van der Waals surface area (Å²) in [6.45, 7) is 19.6. The Balaban J connectivity index is 0. The van der Waals surface area contributed by atoms with Gasteiger partial charge in [-0.15, -0.1) is 13.2 Å². The van der Waals surface area contributed by atoms with E-state index in [2.05, 4.69) is 23.8 Å². The Labute approximate surface area is 219 Å². The summed E-state index contributed by atoms with van der Waals surface area (Å²) < 4.78 is 5.41. The Morgan fingerprint density at radius 1 is 1.20 bits per heavy atom. The minimum absolute atomic E-state index is 0.00172. The SMILES string of the molecule is C=C.CC.CNC.Cc1ccccc1CC(CC(=O)N1C(C)CC[C@H]1C=S)NC(=O)OC(C)(C)C. The molecule has 3 atom stereocenters. The number of hydrogen-bond acceptors (Lipinski definition) is 5. The number of aryl methyl sites for hydroxylation is 1. The molecule has 0 aromatic heterocycles. The zero-order valence-corrected chi connectivity index (χ0v) is 24.3. The number of hydrogen-bond donors (Lipinski definition) is 2. The van der Waals surface area contributed by atoms with Crippen LogP contribution in [0.25, 0.3) is 0 Å². The molecule has 2 rings (SSSR count). The van der Waals surface area contributed by atoms with Gasteiger partial charge in [0.1, 0.15) is 5.60 Å². The number of rotatable bonds is 6. The molecule has 2 amide bonds. The summed E-state index contributed by atoms with van der Waals surface area (Å²) in [5, 5.41) is 7.34. The minimum Gasteiger partial charge on any atom is -0.444 e. The molecule has 1 aromatic carbocycles. The van der Waals surface area contributed by atoms with E-state index in [-0.39, 0.29) is 30.5 Å². The smallest absolute Gasteiger partial charge is 0.407 e. The van der Waals surface area contributed by atoms with Crippen LogP contribution in [-0.2, 0) is 16.0 Å². The monoisotopic (exact) mass is 507 g/mol. The molecule has 0 radical (unpaired) electrons. The van der Waals surface area contributed by atoms with Gasteiger partial charge in [-0.05, 0) is 79.1 Å². The Hall–Kier alpha value is -2.25. The van der Waals surface area contributed by atoms with E-state index in [1.54, 1.807) is 5.37 Å². The number of alkyl carbamates (subject to hydrolysis) is 1. The molecule has 6 nitrogen and oxygen atoms in total. The second-order valence-corrected chi connectivity index (χ2v) is 9.38. The largest absolute Gasteiger partial charge is 0.444 e. The first-order valence-corrected chi connectivity index (χ1v) is 12.9. The summed E-state index contributed by atoms with van der Waals surface area (Å²) in [7, 11) is 3.75. The number of carbonyl (C=O) groups is 2. The third-order valence-corrected chi connectivity index (χ3v) is 5.34. The summed E-state index contributed by atoms with van der Waals surface area (Å²) in [4.78, 5) is 27.3. The Bertz CT molecular complexity index is 749. The highest BCUT2D eigenvalue weighted by atomic mass is 32.1. The van der Waals surface area contributed by atoms with Crippen molar-refractivity contribution in [3.63, 3.8) is 0 Å². The van der Waals surface area contributed by atoms with Crippen LogP contribution in [0.15, 0.2) is 37.4 Å². The van der Waals surface area contributed by atoms with E-state index in [0.29, 0.717) is 6.42 Å². The average Bonchev–Trinajstić information content (AvgIpc) is 3.18. The molecule has 1 fully saturated rings. The standard InChI is InChI=1S/C22H32N2O3S.C2H7N.C2H6.C2H4/c1-15-8-6-7-9-17(15)12-18(23-21(26)27-22(3,4)5)13-20(25)24-16(2)10-11-19(24)14-28;1-3-2;2*1-2/h6-9,14,16,18-19H,10-13H2,1-5H3,(H,23,26);3H,1-2H3;1-2H3;1-2H2/t16?,18?,19-;;;/m0.../s1. The second-order valence-electron chi connectivity index (χ2n) is 9.11. The van der Waals surface area contributed by atoms with Crippen LogP contribution in [0.1, 0.15) is 71.9 Å². The van der Waals surface area contributed by atoms with Crippen LogP contribution in [0, 0.1) is 6.92 Å². The van der Waals surface area contributed by atoms with Crippen LogP contribution in [-0.4, -0.2) is 60.1 Å². The maximum atomic E-state index is 13.0. The highest BCUT2D eigenvalue weighted by Crippen LogP contribution is 2.25. The van der Waals surface area contributed by atoms with Crippen molar-refractivity contribution >= 4 is 29.6 Å². The summed E-state index contributed by atoms with van der Waals surface area (Å²) in [6.07, 6.45) is 2.14. The van der Waals surface area contributed by atoms with Crippen molar-refractivity contribution in [3.05, 3.63) is 48.6 Å². The molecule has 1 aliphatic rings. The molecular weight excluding hydrogens is 458 g/mol. The number of thiocarbonyl (C=S) groups is 1. The van der Waals surface area contributed by atoms with Crippen molar-refractivity contribution in [2.24, 2.45) is 0 Å². The molecule has 0 saturated carbocycles. The number of ether oxygens (including phenoxy) is 1. The van der Waals surface area contributed by atoms with Crippen LogP contribution in [0.4, 0.5) is 4.79 Å². The predicted octanol–water partition coefficient (Wildman–Crippen LogP) is 5.86. The lowest BCUT2D eigenvalue weighted by Gasteiger charge is -2.29. The molecule has 2 N–H and O–H groups in total. The van der Waals surface area contributed by atoms with Gasteiger partial charge < -0.3 is 20.3 Å². The van der Waals surface area contributed by atoms with E-state index in [1.807, 2.05) is 91.7 Å². The number of carbonyl (C=O) groups excluding carboxylic acids is 2. The second kappa shape index (κ2) is 19.0. The van der Waals surface area contributed by atoms with Crippen LogP contribution in [0.3, 0.4) is 0 Å². The van der Waals surface area contributed by atoms with Crippen molar-refractivity contribution in [3.8, 4) is 0 Å². The zero-order chi connectivity index (χ0) is 27.6. The Kier molecular flexibility index (Phi) is 19.0. The summed E-state index contributed by atoms with van der Waals surface area (Å²) >= 11 is 5.12. The molecule has 2 unspecified atom stereocenters. The molecule has 1 saturated heterocycles.